The van der Waals surface area contributed by atoms with E-state index in [2.05, 4.69) is 55.5 Å². The highest BCUT2D eigenvalue weighted by atomic mass is 16.1. The van der Waals surface area contributed by atoms with Gasteiger partial charge in [-0.3, -0.25) is 0 Å². The second-order valence-electron chi connectivity index (χ2n) is 6.91. The minimum atomic E-state index is -0.223. The Bertz CT molecular complexity index is 867. The molecule has 0 unspecified atom stereocenters. The highest BCUT2D eigenvalue weighted by molar-refractivity contribution is 5.98. The Labute approximate surface area is 156 Å². The van der Waals surface area contributed by atoms with Crippen LogP contribution < -0.4 is 5.73 Å². The van der Waals surface area contributed by atoms with E-state index in [0.29, 0.717) is 6.42 Å². The molecule has 0 heterocycles. The first kappa shape index (κ1) is 18.3. The third-order valence-corrected chi connectivity index (χ3v) is 5.06. The standard InChI is InChI=1S/C24H27NO/c1-2-3-4-7-18-14-15-22(23-9-6-5-8-21(18)23)19-10-12-20(13-11-19)24(25)16-17-26/h5-6,8-15,17,24H,2-4,7,16,25H2,1H3/t24-/m1/s1. The molecule has 3 aromatic carbocycles. The first-order valence-electron chi connectivity index (χ1n) is 9.54. The van der Waals surface area contributed by atoms with Gasteiger partial charge in [-0.05, 0) is 45.9 Å². The van der Waals surface area contributed by atoms with E-state index in [0.717, 1.165) is 18.3 Å². The van der Waals surface area contributed by atoms with Gasteiger partial charge in [-0.2, -0.15) is 0 Å². The smallest absolute Gasteiger partial charge is 0.121 e. The van der Waals surface area contributed by atoms with Crippen LogP contribution in [0, 0.1) is 0 Å². The van der Waals surface area contributed by atoms with Gasteiger partial charge in [0.2, 0.25) is 0 Å². The Morgan fingerprint density at radius 3 is 2.35 bits per heavy atom. The second kappa shape index (κ2) is 8.77. The maximum atomic E-state index is 10.7. The van der Waals surface area contributed by atoms with Crippen molar-refractivity contribution in [3.05, 3.63) is 71.8 Å². The summed E-state index contributed by atoms with van der Waals surface area (Å²) in [5.74, 6) is 0. The summed E-state index contributed by atoms with van der Waals surface area (Å²) in [6.07, 6.45) is 6.13. The van der Waals surface area contributed by atoms with Crippen molar-refractivity contribution in [3.63, 3.8) is 0 Å². The fourth-order valence-electron chi connectivity index (χ4n) is 3.55. The van der Waals surface area contributed by atoms with Crippen molar-refractivity contribution in [1.29, 1.82) is 0 Å². The summed E-state index contributed by atoms with van der Waals surface area (Å²) in [4.78, 5) is 10.7. The minimum Gasteiger partial charge on any atom is -0.324 e. The van der Waals surface area contributed by atoms with E-state index in [-0.39, 0.29) is 6.04 Å². The summed E-state index contributed by atoms with van der Waals surface area (Å²) < 4.78 is 0. The van der Waals surface area contributed by atoms with Gasteiger partial charge in [0, 0.05) is 12.5 Å². The molecule has 0 aliphatic rings. The highest BCUT2D eigenvalue weighted by Gasteiger charge is 2.09. The van der Waals surface area contributed by atoms with E-state index in [4.69, 9.17) is 5.73 Å². The zero-order valence-corrected chi connectivity index (χ0v) is 15.4. The summed E-state index contributed by atoms with van der Waals surface area (Å²) in [6, 6.07) is 21.3. The maximum absolute atomic E-state index is 10.7. The Morgan fingerprint density at radius 1 is 0.923 bits per heavy atom. The van der Waals surface area contributed by atoms with E-state index in [1.165, 1.54) is 46.7 Å². The Kier molecular flexibility index (Phi) is 6.19. The maximum Gasteiger partial charge on any atom is 0.121 e. The number of fused-ring (bicyclic) bond motifs is 1. The number of benzene rings is 3. The van der Waals surface area contributed by atoms with Crippen molar-refractivity contribution < 1.29 is 4.79 Å². The van der Waals surface area contributed by atoms with Crippen LogP contribution in [-0.4, -0.2) is 6.29 Å². The number of carbonyl (C=O) groups is 1. The van der Waals surface area contributed by atoms with Gasteiger partial charge in [-0.1, -0.05) is 80.4 Å². The molecule has 2 heteroatoms. The topological polar surface area (TPSA) is 43.1 Å². The summed E-state index contributed by atoms with van der Waals surface area (Å²) in [6.45, 7) is 2.24. The van der Waals surface area contributed by atoms with Gasteiger partial charge in [-0.15, -0.1) is 0 Å². The first-order valence-corrected chi connectivity index (χ1v) is 9.54. The van der Waals surface area contributed by atoms with Gasteiger partial charge in [0.1, 0.15) is 6.29 Å². The van der Waals surface area contributed by atoms with Gasteiger partial charge in [0.25, 0.3) is 0 Å². The molecule has 3 aromatic rings. The average molecular weight is 345 g/mol. The van der Waals surface area contributed by atoms with Crippen molar-refractivity contribution in [2.75, 3.05) is 0 Å². The molecule has 0 aromatic heterocycles. The number of hydrogen-bond acceptors (Lipinski definition) is 2. The third-order valence-electron chi connectivity index (χ3n) is 5.06. The molecule has 0 aliphatic carbocycles. The SMILES string of the molecule is CCCCCc1ccc(-c2ccc([C@H](N)CC=O)cc2)c2ccccc12. The van der Waals surface area contributed by atoms with Crippen LogP contribution in [0.15, 0.2) is 60.7 Å². The molecule has 0 radical (unpaired) electrons. The molecule has 1 atom stereocenters. The second-order valence-corrected chi connectivity index (χ2v) is 6.91. The van der Waals surface area contributed by atoms with Crippen LogP contribution in [0.4, 0.5) is 0 Å². The van der Waals surface area contributed by atoms with Crippen LogP contribution in [0.2, 0.25) is 0 Å². The van der Waals surface area contributed by atoms with E-state index < -0.39 is 0 Å². The Balaban J connectivity index is 1.95. The van der Waals surface area contributed by atoms with Crippen molar-refractivity contribution in [3.8, 4) is 11.1 Å². The molecular weight excluding hydrogens is 318 g/mol. The van der Waals surface area contributed by atoms with Crippen LogP contribution in [-0.2, 0) is 11.2 Å². The lowest BCUT2D eigenvalue weighted by Gasteiger charge is -2.13. The predicted octanol–water partition coefficient (Wildman–Crippen LogP) is 5.83. The predicted molar refractivity (Wildman–Crippen MR) is 110 cm³/mol. The van der Waals surface area contributed by atoms with E-state index in [1.54, 1.807) is 0 Å². The van der Waals surface area contributed by atoms with Crippen LogP contribution in [0.3, 0.4) is 0 Å². The van der Waals surface area contributed by atoms with E-state index in [1.807, 2.05) is 12.1 Å². The van der Waals surface area contributed by atoms with Crippen LogP contribution in [0.5, 0.6) is 0 Å². The number of hydrogen-bond donors (Lipinski definition) is 1. The zero-order chi connectivity index (χ0) is 18.4. The van der Waals surface area contributed by atoms with Gasteiger partial charge in [0.15, 0.2) is 0 Å². The summed E-state index contributed by atoms with van der Waals surface area (Å²) in [7, 11) is 0. The molecule has 26 heavy (non-hydrogen) atoms. The lowest BCUT2D eigenvalue weighted by molar-refractivity contribution is -0.108. The number of unbranched alkanes of at least 4 members (excludes halogenated alkanes) is 2. The first-order chi connectivity index (χ1) is 12.7. The molecule has 2 nitrogen and oxygen atoms in total. The van der Waals surface area contributed by atoms with Crippen LogP contribution in [0.25, 0.3) is 21.9 Å². The number of rotatable bonds is 8. The number of aldehydes is 1. The fourth-order valence-corrected chi connectivity index (χ4v) is 3.55. The molecule has 0 saturated carbocycles. The van der Waals surface area contributed by atoms with E-state index >= 15 is 0 Å². The van der Waals surface area contributed by atoms with Gasteiger partial charge >= 0.3 is 0 Å². The van der Waals surface area contributed by atoms with Crippen molar-refractivity contribution >= 4 is 17.1 Å². The van der Waals surface area contributed by atoms with Crippen molar-refractivity contribution in [2.45, 2.75) is 45.1 Å². The molecule has 0 spiro atoms. The normalized spacial score (nSPS) is 12.2. The third kappa shape index (κ3) is 4.03. The van der Waals surface area contributed by atoms with Gasteiger partial charge in [-0.25, -0.2) is 0 Å². The minimum absolute atomic E-state index is 0.223. The molecule has 2 N–H and O–H groups in total. The van der Waals surface area contributed by atoms with Crippen LogP contribution >= 0.6 is 0 Å². The molecule has 3 rings (SSSR count). The molecule has 0 bridgehead atoms. The molecule has 134 valence electrons. The number of nitrogens with two attached hydrogens (primary N) is 1. The summed E-state index contributed by atoms with van der Waals surface area (Å²) >= 11 is 0. The lowest BCUT2D eigenvalue weighted by atomic mass is 9.92. The molecular formula is C24H27NO. The molecule has 0 amide bonds. The highest BCUT2D eigenvalue weighted by Crippen LogP contribution is 2.32. The van der Waals surface area contributed by atoms with Gasteiger partial charge < -0.3 is 10.5 Å². The van der Waals surface area contributed by atoms with E-state index in [9.17, 15) is 4.79 Å². The summed E-state index contributed by atoms with van der Waals surface area (Å²) in [5.41, 5.74) is 10.9. The number of aryl methyl sites for hydroxylation is 1. The largest absolute Gasteiger partial charge is 0.324 e. The summed E-state index contributed by atoms with van der Waals surface area (Å²) in [5, 5.41) is 2.65. The fraction of sp³-hybridized carbons (Fsp3) is 0.292. The van der Waals surface area contributed by atoms with Crippen LogP contribution in [0.1, 0.15) is 49.8 Å². The average Bonchev–Trinajstić information content (AvgIpc) is 2.68. The van der Waals surface area contributed by atoms with Gasteiger partial charge in [0.05, 0.1) is 0 Å². The number of carbonyl (C=O) groups excluding carboxylic acids is 1. The quantitative estimate of drug-likeness (QED) is 0.412. The Morgan fingerprint density at radius 2 is 1.65 bits per heavy atom. The Hall–Kier alpha value is -2.45. The molecule has 0 saturated heterocycles. The zero-order valence-electron chi connectivity index (χ0n) is 15.4. The lowest BCUT2D eigenvalue weighted by Crippen LogP contribution is -2.10. The van der Waals surface area contributed by atoms with Crippen molar-refractivity contribution in [1.82, 2.24) is 0 Å². The molecule has 0 aliphatic heterocycles. The van der Waals surface area contributed by atoms with Crippen molar-refractivity contribution in [2.24, 2.45) is 5.73 Å². The molecule has 0 fully saturated rings. The monoisotopic (exact) mass is 345 g/mol.